The molecule has 0 saturated heterocycles. The first kappa shape index (κ1) is 12.4. The summed E-state index contributed by atoms with van der Waals surface area (Å²) >= 11 is 3.17. The molecule has 2 N–H and O–H groups in total. The molecule has 0 bridgehead atoms. The Balaban J connectivity index is 1.71. The SMILES string of the molecule is O=C(N[C@H]1C[C@@H](O)[C@@H]1n1cccn1)c1ccoc1Br. The fourth-order valence-corrected chi connectivity index (χ4v) is 2.70. The highest BCUT2D eigenvalue weighted by atomic mass is 79.9. The Morgan fingerprint density at radius 3 is 3.05 bits per heavy atom. The number of nitrogens with zero attached hydrogens (tertiary/aromatic N) is 2. The van der Waals surface area contributed by atoms with Crippen molar-refractivity contribution in [3.63, 3.8) is 0 Å². The van der Waals surface area contributed by atoms with Crippen LogP contribution in [-0.4, -0.2) is 32.9 Å². The number of furan rings is 1. The molecule has 2 heterocycles. The monoisotopic (exact) mass is 325 g/mol. The minimum atomic E-state index is -0.488. The maximum absolute atomic E-state index is 12.0. The maximum Gasteiger partial charge on any atom is 0.256 e. The summed E-state index contributed by atoms with van der Waals surface area (Å²) in [5, 5.41) is 16.8. The normalized spacial score (nSPS) is 25.9. The standard InChI is InChI=1S/C12H12BrN3O3/c13-11-7(2-5-19-11)12(18)15-8-6-9(17)10(8)16-4-1-3-14-16/h1-5,8-10,17H,6H2,(H,15,18)/t8-,9+,10+/m0/s1. The first-order valence-corrected chi connectivity index (χ1v) is 6.67. The first-order valence-electron chi connectivity index (χ1n) is 5.88. The molecule has 1 fully saturated rings. The highest BCUT2D eigenvalue weighted by molar-refractivity contribution is 9.10. The summed E-state index contributed by atoms with van der Waals surface area (Å²) in [5.74, 6) is -0.227. The van der Waals surface area contributed by atoms with Gasteiger partial charge in [-0.1, -0.05) is 0 Å². The highest BCUT2D eigenvalue weighted by Crippen LogP contribution is 2.32. The van der Waals surface area contributed by atoms with Crippen LogP contribution in [0.1, 0.15) is 22.8 Å². The molecule has 1 aliphatic rings. The second-order valence-electron chi connectivity index (χ2n) is 4.47. The molecule has 2 aromatic rings. The molecule has 0 aliphatic heterocycles. The number of aromatic nitrogens is 2. The van der Waals surface area contributed by atoms with Gasteiger partial charge >= 0.3 is 0 Å². The van der Waals surface area contributed by atoms with Crippen LogP contribution in [0.4, 0.5) is 0 Å². The van der Waals surface area contributed by atoms with E-state index in [4.69, 9.17) is 4.42 Å². The second kappa shape index (κ2) is 4.82. The summed E-state index contributed by atoms with van der Waals surface area (Å²) in [4.78, 5) is 12.0. The predicted molar refractivity (Wildman–Crippen MR) is 69.6 cm³/mol. The van der Waals surface area contributed by atoms with Crippen LogP contribution in [0.3, 0.4) is 0 Å². The van der Waals surface area contributed by atoms with E-state index in [1.54, 1.807) is 29.2 Å². The number of amides is 1. The number of carbonyl (C=O) groups is 1. The lowest BCUT2D eigenvalue weighted by atomic mass is 9.83. The Morgan fingerprint density at radius 1 is 1.63 bits per heavy atom. The molecule has 6 nitrogen and oxygen atoms in total. The Hall–Kier alpha value is -1.60. The number of carbonyl (C=O) groups excluding carboxylic acids is 1. The fraction of sp³-hybridized carbons (Fsp3) is 0.333. The van der Waals surface area contributed by atoms with Crippen LogP contribution < -0.4 is 5.32 Å². The molecule has 0 spiro atoms. The van der Waals surface area contributed by atoms with Crippen LogP contribution in [-0.2, 0) is 0 Å². The van der Waals surface area contributed by atoms with Crippen molar-refractivity contribution in [2.45, 2.75) is 24.6 Å². The smallest absolute Gasteiger partial charge is 0.256 e. The van der Waals surface area contributed by atoms with Gasteiger partial charge in [0.2, 0.25) is 0 Å². The molecule has 2 aromatic heterocycles. The number of hydrogen-bond acceptors (Lipinski definition) is 4. The Labute approximate surface area is 117 Å². The van der Waals surface area contributed by atoms with Crippen LogP contribution >= 0.6 is 15.9 Å². The molecule has 0 aromatic carbocycles. The molecule has 0 unspecified atom stereocenters. The van der Waals surface area contributed by atoms with Gasteiger partial charge in [0.05, 0.1) is 30.0 Å². The molecule has 1 amide bonds. The molecular weight excluding hydrogens is 314 g/mol. The quantitative estimate of drug-likeness (QED) is 0.892. The molecule has 1 aliphatic carbocycles. The average Bonchev–Trinajstić information content (AvgIpc) is 2.99. The lowest BCUT2D eigenvalue weighted by Crippen LogP contribution is -2.56. The van der Waals surface area contributed by atoms with Crippen LogP contribution in [0.15, 0.2) is 39.9 Å². The van der Waals surface area contributed by atoms with E-state index in [-0.39, 0.29) is 18.0 Å². The van der Waals surface area contributed by atoms with Crippen molar-refractivity contribution in [3.05, 3.63) is 41.0 Å². The number of aliphatic hydroxyl groups is 1. The van der Waals surface area contributed by atoms with E-state index in [2.05, 4.69) is 26.3 Å². The van der Waals surface area contributed by atoms with Crippen molar-refractivity contribution in [2.24, 2.45) is 0 Å². The van der Waals surface area contributed by atoms with Gasteiger partial charge in [0.15, 0.2) is 4.67 Å². The summed E-state index contributed by atoms with van der Waals surface area (Å²) in [6.07, 6.45) is 4.90. The van der Waals surface area contributed by atoms with Crippen LogP contribution in [0.5, 0.6) is 0 Å². The minimum absolute atomic E-state index is 0.135. The van der Waals surface area contributed by atoms with E-state index in [9.17, 15) is 9.90 Å². The Bertz CT molecular complexity index is 581. The minimum Gasteiger partial charge on any atom is -0.457 e. The zero-order chi connectivity index (χ0) is 13.4. The van der Waals surface area contributed by atoms with Crippen molar-refractivity contribution in [1.29, 1.82) is 0 Å². The zero-order valence-electron chi connectivity index (χ0n) is 9.86. The van der Waals surface area contributed by atoms with Gasteiger partial charge in [-0.25, -0.2) is 0 Å². The summed E-state index contributed by atoms with van der Waals surface area (Å²) < 4.78 is 7.10. The molecule has 1 saturated carbocycles. The maximum atomic E-state index is 12.0. The average molecular weight is 326 g/mol. The molecule has 7 heteroatoms. The Kier molecular flexibility index (Phi) is 3.16. The second-order valence-corrected chi connectivity index (χ2v) is 5.19. The van der Waals surface area contributed by atoms with Gasteiger partial charge in [-0.2, -0.15) is 5.10 Å². The number of rotatable bonds is 3. The molecule has 100 valence electrons. The molecular formula is C12H12BrN3O3. The largest absolute Gasteiger partial charge is 0.457 e. The third-order valence-electron chi connectivity index (χ3n) is 3.31. The summed E-state index contributed by atoms with van der Waals surface area (Å²) in [6, 6.07) is 3.03. The van der Waals surface area contributed by atoms with Crippen molar-refractivity contribution in [3.8, 4) is 0 Å². The van der Waals surface area contributed by atoms with Crippen molar-refractivity contribution >= 4 is 21.8 Å². The van der Waals surface area contributed by atoms with Gasteiger partial charge in [-0.3, -0.25) is 9.48 Å². The molecule has 0 radical (unpaired) electrons. The van der Waals surface area contributed by atoms with Gasteiger partial charge in [0.1, 0.15) is 0 Å². The van der Waals surface area contributed by atoms with Crippen LogP contribution in [0.25, 0.3) is 0 Å². The Morgan fingerprint density at radius 2 is 2.47 bits per heavy atom. The highest BCUT2D eigenvalue weighted by Gasteiger charge is 2.42. The third kappa shape index (κ3) is 2.19. The van der Waals surface area contributed by atoms with Crippen molar-refractivity contribution in [2.75, 3.05) is 0 Å². The van der Waals surface area contributed by atoms with Crippen LogP contribution in [0, 0.1) is 0 Å². The molecule has 3 atom stereocenters. The van der Waals surface area contributed by atoms with E-state index in [0.29, 0.717) is 16.7 Å². The van der Waals surface area contributed by atoms with Gasteiger partial charge in [-0.15, -0.1) is 0 Å². The van der Waals surface area contributed by atoms with E-state index in [1.807, 2.05) is 0 Å². The van der Waals surface area contributed by atoms with E-state index >= 15 is 0 Å². The van der Waals surface area contributed by atoms with Crippen molar-refractivity contribution < 1.29 is 14.3 Å². The lowest BCUT2D eigenvalue weighted by Gasteiger charge is -2.41. The van der Waals surface area contributed by atoms with E-state index in [0.717, 1.165) is 0 Å². The zero-order valence-corrected chi connectivity index (χ0v) is 11.4. The number of hydrogen-bond donors (Lipinski definition) is 2. The number of aliphatic hydroxyl groups excluding tert-OH is 1. The van der Waals surface area contributed by atoms with E-state index in [1.165, 1.54) is 6.26 Å². The van der Waals surface area contributed by atoms with Gasteiger partial charge in [0.25, 0.3) is 5.91 Å². The summed E-state index contributed by atoms with van der Waals surface area (Å²) in [6.45, 7) is 0. The molecule has 3 rings (SSSR count). The first-order chi connectivity index (χ1) is 9.16. The van der Waals surface area contributed by atoms with Gasteiger partial charge in [-0.05, 0) is 34.5 Å². The third-order valence-corrected chi connectivity index (χ3v) is 3.93. The molecule has 19 heavy (non-hydrogen) atoms. The number of nitrogens with one attached hydrogen (secondary N) is 1. The number of halogens is 1. The lowest BCUT2D eigenvalue weighted by molar-refractivity contribution is -0.00590. The van der Waals surface area contributed by atoms with E-state index < -0.39 is 6.10 Å². The topological polar surface area (TPSA) is 80.3 Å². The fourth-order valence-electron chi connectivity index (χ4n) is 2.28. The van der Waals surface area contributed by atoms with Gasteiger partial charge < -0.3 is 14.8 Å². The van der Waals surface area contributed by atoms with Crippen molar-refractivity contribution in [1.82, 2.24) is 15.1 Å². The van der Waals surface area contributed by atoms with Crippen LogP contribution in [0.2, 0.25) is 0 Å². The summed E-state index contributed by atoms with van der Waals surface area (Å²) in [7, 11) is 0. The van der Waals surface area contributed by atoms with Gasteiger partial charge in [0, 0.05) is 12.4 Å². The summed E-state index contributed by atoms with van der Waals surface area (Å²) in [5.41, 5.74) is 0.445. The predicted octanol–water partition coefficient (Wildman–Crippen LogP) is 1.34.